The molecule has 3 N–H and O–H groups in total. The van der Waals surface area contributed by atoms with Gasteiger partial charge in [-0.25, -0.2) is 4.79 Å². The highest BCUT2D eigenvalue weighted by Gasteiger charge is 2.10. The minimum absolute atomic E-state index is 0.424. The SMILES string of the molecule is CC(C=Cc1ccsc1)N(O)C(N)=O. The number of carbonyl (C=O) groups excluding carboxylic acids is 1. The molecule has 0 spiro atoms. The van der Waals surface area contributed by atoms with E-state index >= 15 is 0 Å². The molecule has 0 aliphatic heterocycles. The van der Waals surface area contributed by atoms with Gasteiger partial charge in [0.2, 0.25) is 0 Å². The lowest BCUT2D eigenvalue weighted by atomic mass is 10.2. The maximum Gasteiger partial charge on any atom is 0.339 e. The Kier molecular flexibility index (Phi) is 3.67. The van der Waals surface area contributed by atoms with Crippen LogP contribution < -0.4 is 5.73 Å². The van der Waals surface area contributed by atoms with Gasteiger partial charge in [-0.15, -0.1) is 0 Å². The van der Waals surface area contributed by atoms with Crippen molar-refractivity contribution < 1.29 is 10.0 Å². The fourth-order valence-electron chi connectivity index (χ4n) is 0.902. The lowest BCUT2D eigenvalue weighted by molar-refractivity contribution is -0.0560. The first-order valence-electron chi connectivity index (χ1n) is 4.09. The first kappa shape index (κ1) is 10.7. The summed E-state index contributed by atoms with van der Waals surface area (Å²) in [4.78, 5) is 10.6. The number of nitrogens with two attached hydrogens (primary N) is 1. The summed E-state index contributed by atoms with van der Waals surface area (Å²) in [6, 6.07) is 0.666. The van der Waals surface area contributed by atoms with Crippen molar-refractivity contribution in [3.63, 3.8) is 0 Å². The molecule has 0 aliphatic rings. The van der Waals surface area contributed by atoms with Gasteiger partial charge in [0.15, 0.2) is 0 Å². The molecule has 0 saturated carbocycles. The Hall–Kier alpha value is -1.33. The number of hydroxylamine groups is 2. The summed E-state index contributed by atoms with van der Waals surface area (Å²) in [6.45, 7) is 1.67. The molecule has 5 heteroatoms. The average Bonchev–Trinajstić information content (AvgIpc) is 2.65. The molecule has 2 amide bonds. The number of urea groups is 1. The number of hydrogen-bond acceptors (Lipinski definition) is 3. The second kappa shape index (κ2) is 4.78. The second-order valence-corrected chi connectivity index (χ2v) is 3.62. The molecule has 1 aromatic heterocycles. The molecular weight excluding hydrogens is 200 g/mol. The van der Waals surface area contributed by atoms with Gasteiger partial charge in [0.25, 0.3) is 0 Å². The molecule has 4 nitrogen and oxygen atoms in total. The number of nitrogens with zero attached hydrogens (tertiary/aromatic N) is 1. The van der Waals surface area contributed by atoms with Crippen LogP contribution in [0.2, 0.25) is 0 Å². The topological polar surface area (TPSA) is 66.6 Å². The quantitative estimate of drug-likeness (QED) is 0.593. The van der Waals surface area contributed by atoms with Crippen molar-refractivity contribution in [2.24, 2.45) is 5.73 Å². The van der Waals surface area contributed by atoms with Crippen LogP contribution in [-0.4, -0.2) is 22.3 Å². The number of amides is 2. The van der Waals surface area contributed by atoms with E-state index in [0.717, 1.165) is 5.56 Å². The fraction of sp³-hybridized carbons (Fsp3) is 0.222. The van der Waals surface area contributed by atoms with Gasteiger partial charge in [0.1, 0.15) is 0 Å². The van der Waals surface area contributed by atoms with E-state index in [-0.39, 0.29) is 0 Å². The van der Waals surface area contributed by atoms with Crippen LogP contribution in [0.3, 0.4) is 0 Å². The standard InChI is InChI=1S/C9H12N2O2S/c1-7(11(13)9(10)12)2-3-8-4-5-14-6-8/h2-7,13H,1H3,(H2,10,12). The summed E-state index contributed by atoms with van der Waals surface area (Å²) in [5.74, 6) is 0. The normalized spacial score (nSPS) is 13.0. The first-order valence-corrected chi connectivity index (χ1v) is 5.03. The van der Waals surface area contributed by atoms with Crippen LogP contribution in [0.4, 0.5) is 4.79 Å². The molecule has 1 atom stereocenters. The van der Waals surface area contributed by atoms with Gasteiger partial charge >= 0.3 is 6.03 Å². The maximum absolute atomic E-state index is 10.6. The highest BCUT2D eigenvalue weighted by Crippen LogP contribution is 2.09. The van der Waals surface area contributed by atoms with Gasteiger partial charge in [-0.2, -0.15) is 16.4 Å². The predicted molar refractivity (Wildman–Crippen MR) is 56.0 cm³/mol. The van der Waals surface area contributed by atoms with Crippen molar-refractivity contribution in [2.45, 2.75) is 13.0 Å². The van der Waals surface area contributed by atoms with Crippen molar-refractivity contribution in [1.82, 2.24) is 5.06 Å². The summed E-state index contributed by atoms with van der Waals surface area (Å²) in [7, 11) is 0. The Morgan fingerprint density at radius 2 is 2.50 bits per heavy atom. The average molecular weight is 212 g/mol. The van der Waals surface area contributed by atoms with Gasteiger partial charge in [-0.05, 0) is 29.3 Å². The highest BCUT2D eigenvalue weighted by molar-refractivity contribution is 7.08. The first-order chi connectivity index (χ1) is 6.61. The van der Waals surface area contributed by atoms with Gasteiger partial charge < -0.3 is 5.73 Å². The Bertz CT molecular complexity index is 322. The van der Waals surface area contributed by atoms with E-state index in [1.165, 1.54) is 0 Å². The summed E-state index contributed by atoms with van der Waals surface area (Å²) < 4.78 is 0. The Morgan fingerprint density at radius 3 is 3.00 bits per heavy atom. The third-order valence-corrected chi connectivity index (χ3v) is 2.42. The zero-order chi connectivity index (χ0) is 10.6. The van der Waals surface area contributed by atoms with E-state index in [1.54, 1.807) is 24.3 Å². The van der Waals surface area contributed by atoms with E-state index in [2.05, 4.69) is 0 Å². The van der Waals surface area contributed by atoms with E-state index in [4.69, 9.17) is 10.9 Å². The third kappa shape index (κ3) is 2.86. The predicted octanol–water partition coefficient (Wildman–Crippen LogP) is 1.92. The molecule has 0 bridgehead atoms. The van der Waals surface area contributed by atoms with E-state index in [9.17, 15) is 4.79 Å². The number of rotatable bonds is 3. The smallest absolute Gasteiger partial charge is 0.339 e. The van der Waals surface area contributed by atoms with Crippen LogP contribution in [0, 0.1) is 0 Å². The Morgan fingerprint density at radius 1 is 1.79 bits per heavy atom. The molecular formula is C9H12N2O2S. The minimum Gasteiger partial charge on any atom is -0.350 e. The highest BCUT2D eigenvalue weighted by atomic mass is 32.1. The molecule has 0 fully saturated rings. The lowest BCUT2D eigenvalue weighted by Crippen LogP contribution is -2.38. The third-order valence-electron chi connectivity index (χ3n) is 1.72. The number of thiophene rings is 1. The zero-order valence-electron chi connectivity index (χ0n) is 7.75. The molecule has 0 aromatic carbocycles. The summed E-state index contributed by atoms with van der Waals surface area (Å²) in [5, 5.41) is 13.5. The lowest BCUT2D eigenvalue weighted by Gasteiger charge is -2.16. The van der Waals surface area contributed by atoms with Crippen molar-refractivity contribution in [3.05, 3.63) is 28.5 Å². The summed E-state index contributed by atoms with van der Waals surface area (Å²) in [6.07, 6.45) is 3.53. The molecule has 0 saturated heterocycles. The van der Waals surface area contributed by atoms with E-state index < -0.39 is 12.1 Å². The largest absolute Gasteiger partial charge is 0.350 e. The number of primary amides is 1. The van der Waals surface area contributed by atoms with Crippen LogP contribution in [0.25, 0.3) is 6.08 Å². The molecule has 0 radical (unpaired) electrons. The Balaban J connectivity index is 2.56. The second-order valence-electron chi connectivity index (χ2n) is 2.84. The maximum atomic E-state index is 10.6. The number of carbonyl (C=O) groups is 1. The summed E-state index contributed by atoms with van der Waals surface area (Å²) >= 11 is 1.59. The molecule has 76 valence electrons. The number of hydrogen-bond donors (Lipinski definition) is 2. The van der Waals surface area contributed by atoms with Crippen LogP contribution >= 0.6 is 11.3 Å². The van der Waals surface area contributed by atoms with Gasteiger partial charge in [0.05, 0.1) is 6.04 Å². The minimum atomic E-state index is -0.854. The van der Waals surface area contributed by atoms with Crippen molar-refractivity contribution >= 4 is 23.4 Å². The Labute approximate surface area is 86.2 Å². The van der Waals surface area contributed by atoms with Crippen molar-refractivity contribution in [2.75, 3.05) is 0 Å². The van der Waals surface area contributed by atoms with Gasteiger partial charge in [-0.3, -0.25) is 5.21 Å². The summed E-state index contributed by atoms with van der Waals surface area (Å²) in [5.41, 5.74) is 5.93. The van der Waals surface area contributed by atoms with Crippen LogP contribution in [0.15, 0.2) is 22.9 Å². The van der Waals surface area contributed by atoms with Crippen LogP contribution in [0.1, 0.15) is 12.5 Å². The molecule has 1 rings (SSSR count). The van der Waals surface area contributed by atoms with Gasteiger partial charge in [-0.1, -0.05) is 12.2 Å². The fourth-order valence-corrected chi connectivity index (χ4v) is 1.53. The molecule has 14 heavy (non-hydrogen) atoms. The van der Waals surface area contributed by atoms with E-state index in [1.807, 2.05) is 22.9 Å². The molecule has 0 aliphatic carbocycles. The van der Waals surface area contributed by atoms with Gasteiger partial charge in [0, 0.05) is 0 Å². The zero-order valence-corrected chi connectivity index (χ0v) is 8.57. The van der Waals surface area contributed by atoms with Crippen molar-refractivity contribution in [1.29, 1.82) is 0 Å². The van der Waals surface area contributed by atoms with E-state index in [0.29, 0.717) is 5.06 Å². The molecule has 1 aromatic rings. The van der Waals surface area contributed by atoms with Crippen LogP contribution in [0.5, 0.6) is 0 Å². The van der Waals surface area contributed by atoms with Crippen molar-refractivity contribution in [3.8, 4) is 0 Å². The molecule has 1 unspecified atom stereocenters. The monoisotopic (exact) mass is 212 g/mol. The van der Waals surface area contributed by atoms with Crippen LogP contribution in [-0.2, 0) is 0 Å². The molecule has 1 heterocycles.